The molecule has 15 heavy (non-hydrogen) atoms. The summed E-state index contributed by atoms with van der Waals surface area (Å²) in [6, 6.07) is 0. The highest BCUT2D eigenvalue weighted by atomic mass is 32.1. The van der Waals surface area contributed by atoms with Crippen LogP contribution in [0.25, 0.3) is 0 Å². The van der Waals surface area contributed by atoms with E-state index in [2.05, 4.69) is 11.6 Å². The van der Waals surface area contributed by atoms with E-state index in [-0.39, 0.29) is 18.8 Å². The summed E-state index contributed by atoms with van der Waals surface area (Å²) in [6.45, 7) is 4.70. The summed E-state index contributed by atoms with van der Waals surface area (Å²) in [5.41, 5.74) is 0. The average molecular weight is 232 g/mol. The molecule has 0 fully saturated rings. The maximum absolute atomic E-state index is 9.33. The van der Waals surface area contributed by atoms with Crippen molar-refractivity contribution in [2.75, 3.05) is 6.61 Å². The molecule has 0 saturated heterocycles. The summed E-state index contributed by atoms with van der Waals surface area (Å²) >= 11 is 1.38. The van der Waals surface area contributed by atoms with E-state index in [0.717, 1.165) is 0 Å². The topological polar surface area (TPSA) is 85.6 Å². The quantitative estimate of drug-likeness (QED) is 0.568. The lowest BCUT2D eigenvalue weighted by Gasteiger charge is -2.02. The van der Waals surface area contributed by atoms with Crippen LogP contribution in [-0.4, -0.2) is 28.1 Å². The lowest BCUT2D eigenvalue weighted by molar-refractivity contribution is -0.300. The van der Waals surface area contributed by atoms with Gasteiger partial charge in [-0.1, -0.05) is 18.3 Å². The first-order chi connectivity index (χ1) is 7.02. The number of ether oxygens (including phenoxy) is 1. The molecule has 0 amide bonds. The van der Waals surface area contributed by atoms with Crippen LogP contribution in [-0.2, 0) is 0 Å². The third kappa shape index (κ3) is 10.8. The van der Waals surface area contributed by atoms with Crippen molar-refractivity contribution >= 4 is 11.3 Å². The number of aromatic nitrogens is 1. The molecule has 1 aromatic rings. The average Bonchev–Trinajstić information content (AvgIpc) is 2.54. The van der Waals surface area contributed by atoms with Gasteiger partial charge in [0.15, 0.2) is 6.29 Å². The summed E-state index contributed by atoms with van der Waals surface area (Å²) < 4.78 is 5.04. The Hall–Kier alpha value is -1.11. The van der Waals surface area contributed by atoms with Gasteiger partial charge >= 0.3 is 0 Å². The normalized spacial score (nSPS) is 9.33. The highest BCUT2D eigenvalue weighted by Gasteiger charge is 1.99. The number of aliphatic hydroxyl groups is 2. The van der Waals surface area contributed by atoms with Gasteiger partial charge in [0.05, 0.1) is 6.61 Å². The minimum Gasteiger partial charge on any atom is -0.876 e. The molecule has 0 aliphatic heterocycles. The fourth-order valence-electron chi connectivity index (χ4n) is 0.533. The van der Waals surface area contributed by atoms with E-state index in [9.17, 15) is 5.11 Å². The number of hydrogen-bond acceptors (Lipinski definition) is 6. The van der Waals surface area contributed by atoms with E-state index in [4.69, 9.17) is 14.9 Å². The molecule has 5 nitrogen and oxygen atoms in total. The van der Waals surface area contributed by atoms with Crippen LogP contribution in [0.5, 0.6) is 5.19 Å². The first kappa shape index (κ1) is 13.9. The van der Waals surface area contributed by atoms with Crippen LogP contribution >= 0.6 is 11.3 Å². The Morgan fingerprint density at radius 1 is 1.73 bits per heavy atom. The number of nitrogens with zero attached hydrogens (tertiary/aromatic N) is 1. The molecule has 0 aliphatic carbocycles. The minimum atomic E-state index is -1.30. The Labute approximate surface area is 92.3 Å². The maximum atomic E-state index is 9.33. The van der Waals surface area contributed by atoms with Crippen LogP contribution in [0.4, 0.5) is 0 Å². The standard InChI is InChI=1S/C6H9NO3S.C3H6O/c8-5(9)1-3-10-6-7-2-4-11-6;1-3(2)4/h2,4-5,8-9H,1,3H2;4H,1H2,2H3/p-1. The monoisotopic (exact) mass is 232 g/mol. The molecule has 0 bridgehead atoms. The molecule has 0 aliphatic rings. The molecule has 86 valence electrons. The Bertz CT molecular complexity index is 257. The molecule has 0 spiro atoms. The van der Waals surface area contributed by atoms with Crippen LogP contribution in [0.15, 0.2) is 23.9 Å². The molecule has 2 N–H and O–H groups in total. The highest BCUT2D eigenvalue weighted by Crippen LogP contribution is 2.13. The van der Waals surface area contributed by atoms with Gasteiger partial charge in [-0.3, -0.25) is 0 Å². The van der Waals surface area contributed by atoms with Gasteiger partial charge < -0.3 is 20.1 Å². The Balaban J connectivity index is 0.000000423. The number of allylic oxidation sites excluding steroid dienone is 1. The third-order valence-electron chi connectivity index (χ3n) is 1.01. The highest BCUT2D eigenvalue weighted by molar-refractivity contribution is 7.11. The maximum Gasteiger partial charge on any atom is 0.273 e. The number of rotatable bonds is 4. The Kier molecular flexibility index (Phi) is 7.61. The number of aliphatic hydroxyl groups excluding tert-OH is 1. The first-order valence-electron chi connectivity index (χ1n) is 4.23. The fraction of sp³-hybridized carbons (Fsp3) is 0.444. The number of hydrogen-bond donors (Lipinski definition) is 2. The van der Waals surface area contributed by atoms with Crippen molar-refractivity contribution in [3.05, 3.63) is 23.9 Å². The molecular formula is C9H14NO4S-. The first-order valence-corrected chi connectivity index (χ1v) is 5.11. The van der Waals surface area contributed by atoms with Gasteiger partial charge in [-0.05, 0) is 0 Å². The molecule has 0 atom stereocenters. The van der Waals surface area contributed by atoms with Crippen molar-refractivity contribution in [1.82, 2.24) is 4.98 Å². The van der Waals surface area contributed by atoms with Crippen LogP contribution in [0.1, 0.15) is 13.3 Å². The lowest BCUT2D eigenvalue weighted by Crippen LogP contribution is -2.10. The summed E-state index contributed by atoms with van der Waals surface area (Å²) in [5, 5.41) is 28.6. The van der Waals surface area contributed by atoms with Crippen molar-refractivity contribution < 1.29 is 20.1 Å². The third-order valence-corrected chi connectivity index (χ3v) is 1.69. The van der Waals surface area contributed by atoms with Gasteiger partial charge in [0.25, 0.3) is 5.19 Å². The minimum absolute atomic E-state index is 0.0833. The largest absolute Gasteiger partial charge is 0.876 e. The zero-order valence-electron chi connectivity index (χ0n) is 8.42. The van der Waals surface area contributed by atoms with Gasteiger partial charge in [-0.15, -0.1) is 12.3 Å². The van der Waals surface area contributed by atoms with E-state index >= 15 is 0 Å². The van der Waals surface area contributed by atoms with E-state index < -0.39 is 6.29 Å². The Morgan fingerprint density at radius 3 is 2.73 bits per heavy atom. The molecule has 0 unspecified atom stereocenters. The van der Waals surface area contributed by atoms with Crippen LogP contribution < -0.4 is 9.84 Å². The van der Waals surface area contributed by atoms with Gasteiger partial charge in [0.1, 0.15) is 0 Å². The van der Waals surface area contributed by atoms with Crippen LogP contribution in [0, 0.1) is 0 Å². The van der Waals surface area contributed by atoms with Crippen molar-refractivity contribution in [1.29, 1.82) is 0 Å². The number of thiazole rings is 1. The zero-order chi connectivity index (χ0) is 11.7. The zero-order valence-corrected chi connectivity index (χ0v) is 9.24. The molecule has 1 rings (SSSR count). The smallest absolute Gasteiger partial charge is 0.273 e. The SMILES string of the molecule is C=C(C)[O-].OC(O)CCOc1nccs1. The van der Waals surface area contributed by atoms with Crippen molar-refractivity contribution in [2.24, 2.45) is 0 Å². The van der Waals surface area contributed by atoms with Crippen molar-refractivity contribution in [2.45, 2.75) is 19.6 Å². The molecular weight excluding hydrogens is 218 g/mol. The van der Waals surface area contributed by atoms with Gasteiger partial charge in [-0.25, -0.2) is 4.98 Å². The van der Waals surface area contributed by atoms with E-state index in [1.807, 2.05) is 0 Å². The second-order valence-electron chi connectivity index (χ2n) is 2.62. The van der Waals surface area contributed by atoms with Gasteiger partial charge in [0, 0.05) is 18.0 Å². The molecule has 6 heteroatoms. The molecule has 0 aromatic carbocycles. The van der Waals surface area contributed by atoms with E-state index in [1.54, 1.807) is 11.6 Å². The molecule has 0 radical (unpaired) electrons. The predicted molar refractivity (Wildman–Crippen MR) is 55.3 cm³/mol. The summed E-state index contributed by atoms with van der Waals surface area (Å²) in [5.74, 6) is -0.0833. The molecule has 0 saturated carbocycles. The van der Waals surface area contributed by atoms with Gasteiger partial charge in [-0.2, -0.15) is 0 Å². The van der Waals surface area contributed by atoms with Crippen molar-refractivity contribution in [3.63, 3.8) is 0 Å². The Morgan fingerprint density at radius 2 is 2.33 bits per heavy atom. The lowest BCUT2D eigenvalue weighted by atomic mass is 10.4. The van der Waals surface area contributed by atoms with Crippen LogP contribution in [0.2, 0.25) is 0 Å². The molecule has 1 heterocycles. The second-order valence-corrected chi connectivity index (χ2v) is 3.47. The second kappa shape index (κ2) is 8.22. The van der Waals surface area contributed by atoms with Gasteiger partial charge in [0.2, 0.25) is 0 Å². The summed E-state index contributed by atoms with van der Waals surface area (Å²) in [7, 11) is 0. The fourth-order valence-corrected chi connectivity index (χ4v) is 1.04. The summed E-state index contributed by atoms with van der Waals surface area (Å²) in [4.78, 5) is 3.85. The van der Waals surface area contributed by atoms with E-state index in [1.165, 1.54) is 18.3 Å². The van der Waals surface area contributed by atoms with Crippen LogP contribution in [0.3, 0.4) is 0 Å². The van der Waals surface area contributed by atoms with Crippen molar-refractivity contribution in [3.8, 4) is 5.19 Å². The summed E-state index contributed by atoms with van der Waals surface area (Å²) in [6.07, 6.45) is 0.546. The predicted octanol–water partition coefficient (Wildman–Crippen LogP) is 0.103. The molecule has 1 aromatic heterocycles. The van der Waals surface area contributed by atoms with E-state index in [0.29, 0.717) is 5.19 Å².